The molecule has 4 heteroatoms. The summed E-state index contributed by atoms with van der Waals surface area (Å²) in [6.07, 6.45) is -0.115. The Labute approximate surface area is 155 Å². The largest absolute Gasteiger partial charge is 0.563 e. The van der Waals surface area contributed by atoms with E-state index in [-0.39, 0.29) is 12.1 Å². The Kier molecular flexibility index (Phi) is 5.05. The van der Waals surface area contributed by atoms with Gasteiger partial charge >= 0.3 is 7.12 Å². The lowest BCUT2D eigenvalue weighted by Crippen LogP contribution is -2.43. The standard InChI is InChI=1S/C22H22BNO2/c1-17-22(18-10-4-2-5-11-18)26-23(20-13-6-3-7-14-20)25-21-15-9-8-12-19(21)16-24-17/h2-15,17,22,24H,16H2,1H3/t17-,22+/m1/s1. The van der Waals surface area contributed by atoms with Gasteiger partial charge in [-0.15, -0.1) is 0 Å². The fourth-order valence-corrected chi connectivity index (χ4v) is 3.30. The average molecular weight is 343 g/mol. The third kappa shape index (κ3) is 3.67. The van der Waals surface area contributed by atoms with Gasteiger partial charge in [0, 0.05) is 18.2 Å². The van der Waals surface area contributed by atoms with Crippen LogP contribution in [0.1, 0.15) is 24.2 Å². The van der Waals surface area contributed by atoms with E-state index in [0.29, 0.717) is 0 Å². The van der Waals surface area contributed by atoms with Crippen molar-refractivity contribution >= 4 is 12.6 Å². The summed E-state index contributed by atoms with van der Waals surface area (Å²) in [5.74, 6) is 0.856. The number of para-hydroxylation sites is 1. The molecule has 0 bridgehead atoms. The highest BCUT2D eigenvalue weighted by Crippen LogP contribution is 2.27. The minimum atomic E-state index is -0.468. The van der Waals surface area contributed by atoms with Gasteiger partial charge in [-0.25, -0.2) is 0 Å². The molecule has 1 aliphatic heterocycles. The second-order valence-electron chi connectivity index (χ2n) is 6.61. The summed E-state index contributed by atoms with van der Waals surface area (Å²) in [4.78, 5) is 0. The Balaban J connectivity index is 1.74. The zero-order valence-corrected chi connectivity index (χ0v) is 14.8. The van der Waals surface area contributed by atoms with Crippen LogP contribution in [-0.4, -0.2) is 13.2 Å². The molecule has 1 heterocycles. The lowest BCUT2D eigenvalue weighted by atomic mass is 9.78. The molecule has 0 spiro atoms. The number of rotatable bonds is 2. The van der Waals surface area contributed by atoms with Crippen molar-refractivity contribution in [2.24, 2.45) is 0 Å². The third-order valence-electron chi connectivity index (χ3n) is 4.75. The minimum Gasteiger partial charge on any atom is -0.532 e. The molecular weight excluding hydrogens is 321 g/mol. The summed E-state index contributed by atoms with van der Waals surface area (Å²) in [6.45, 7) is 2.90. The third-order valence-corrected chi connectivity index (χ3v) is 4.75. The van der Waals surface area contributed by atoms with Crippen LogP contribution in [0, 0.1) is 0 Å². The van der Waals surface area contributed by atoms with E-state index in [9.17, 15) is 0 Å². The normalized spacial score (nSPS) is 20.3. The Bertz CT molecular complexity index is 841. The smallest absolute Gasteiger partial charge is 0.532 e. The number of nitrogens with one attached hydrogen (secondary N) is 1. The van der Waals surface area contributed by atoms with Gasteiger partial charge in [-0.1, -0.05) is 78.9 Å². The molecule has 3 aromatic rings. The maximum Gasteiger partial charge on any atom is 0.563 e. The van der Waals surface area contributed by atoms with Crippen LogP contribution in [0.4, 0.5) is 0 Å². The van der Waals surface area contributed by atoms with Crippen molar-refractivity contribution < 1.29 is 9.31 Å². The highest BCUT2D eigenvalue weighted by atomic mass is 16.6. The second kappa shape index (κ2) is 7.77. The zero-order chi connectivity index (χ0) is 17.8. The van der Waals surface area contributed by atoms with E-state index in [4.69, 9.17) is 9.31 Å². The summed E-state index contributed by atoms with van der Waals surface area (Å²) < 4.78 is 12.9. The molecule has 0 unspecified atom stereocenters. The monoisotopic (exact) mass is 343 g/mol. The van der Waals surface area contributed by atoms with Gasteiger partial charge in [-0.05, 0) is 24.0 Å². The minimum absolute atomic E-state index is 0.115. The molecule has 130 valence electrons. The topological polar surface area (TPSA) is 30.5 Å². The molecule has 1 aliphatic rings. The molecule has 0 aromatic heterocycles. The van der Waals surface area contributed by atoms with Crippen LogP contribution in [0.15, 0.2) is 84.9 Å². The van der Waals surface area contributed by atoms with Gasteiger partial charge in [-0.3, -0.25) is 0 Å². The number of fused-ring (bicyclic) bond motifs is 1. The van der Waals surface area contributed by atoms with E-state index >= 15 is 0 Å². The van der Waals surface area contributed by atoms with E-state index in [0.717, 1.165) is 28.9 Å². The van der Waals surface area contributed by atoms with Gasteiger partial charge in [0.15, 0.2) is 0 Å². The Hall–Kier alpha value is -2.56. The number of hydrogen-bond donors (Lipinski definition) is 1. The van der Waals surface area contributed by atoms with Crippen molar-refractivity contribution in [2.45, 2.75) is 25.6 Å². The van der Waals surface area contributed by atoms with Crippen molar-refractivity contribution in [3.05, 3.63) is 96.1 Å². The molecule has 0 fully saturated rings. The molecule has 26 heavy (non-hydrogen) atoms. The first kappa shape index (κ1) is 16.9. The lowest BCUT2D eigenvalue weighted by molar-refractivity contribution is 0.144. The van der Waals surface area contributed by atoms with Gasteiger partial charge in [0.1, 0.15) is 5.75 Å². The first-order chi connectivity index (χ1) is 12.8. The van der Waals surface area contributed by atoms with Gasteiger partial charge in [-0.2, -0.15) is 0 Å². The highest BCUT2D eigenvalue weighted by molar-refractivity contribution is 6.62. The van der Waals surface area contributed by atoms with Crippen LogP contribution in [0.25, 0.3) is 0 Å². The van der Waals surface area contributed by atoms with E-state index < -0.39 is 7.12 Å². The lowest BCUT2D eigenvalue weighted by Gasteiger charge is -2.27. The van der Waals surface area contributed by atoms with Crippen LogP contribution in [0.2, 0.25) is 0 Å². The van der Waals surface area contributed by atoms with Crippen molar-refractivity contribution in [3.63, 3.8) is 0 Å². The summed E-state index contributed by atoms with van der Waals surface area (Å²) in [5.41, 5.74) is 3.29. The first-order valence-corrected chi connectivity index (χ1v) is 9.04. The van der Waals surface area contributed by atoms with E-state index in [1.165, 1.54) is 0 Å². The van der Waals surface area contributed by atoms with E-state index in [2.05, 4.69) is 30.4 Å². The fourth-order valence-electron chi connectivity index (χ4n) is 3.30. The first-order valence-electron chi connectivity index (χ1n) is 9.04. The average Bonchev–Trinajstić information content (AvgIpc) is 2.77. The van der Waals surface area contributed by atoms with Crippen LogP contribution >= 0.6 is 0 Å². The molecule has 4 rings (SSSR count). The van der Waals surface area contributed by atoms with Crippen LogP contribution in [-0.2, 0) is 11.2 Å². The Morgan fingerprint density at radius 3 is 2.27 bits per heavy atom. The van der Waals surface area contributed by atoms with Gasteiger partial charge in [0.2, 0.25) is 0 Å². The Morgan fingerprint density at radius 1 is 0.846 bits per heavy atom. The molecule has 0 radical (unpaired) electrons. The van der Waals surface area contributed by atoms with Crippen molar-refractivity contribution in [1.82, 2.24) is 5.32 Å². The van der Waals surface area contributed by atoms with Crippen LogP contribution in [0.5, 0.6) is 5.75 Å². The summed E-state index contributed by atoms with van der Waals surface area (Å²) in [6, 6.07) is 28.7. The molecule has 0 saturated carbocycles. The maximum absolute atomic E-state index is 6.53. The molecule has 3 aromatic carbocycles. The van der Waals surface area contributed by atoms with E-state index in [1.54, 1.807) is 0 Å². The maximum atomic E-state index is 6.53. The zero-order valence-electron chi connectivity index (χ0n) is 14.8. The number of hydrogen-bond acceptors (Lipinski definition) is 3. The highest BCUT2D eigenvalue weighted by Gasteiger charge is 2.33. The van der Waals surface area contributed by atoms with Crippen LogP contribution in [0.3, 0.4) is 0 Å². The molecule has 0 saturated heterocycles. The summed E-state index contributed by atoms with van der Waals surface area (Å²) in [5, 5.41) is 3.60. The van der Waals surface area contributed by atoms with E-state index in [1.807, 2.05) is 66.7 Å². The molecule has 0 aliphatic carbocycles. The summed E-state index contributed by atoms with van der Waals surface area (Å²) >= 11 is 0. The van der Waals surface area contributed by atoms with Crippen LogP contribution < -0.4 is 15.4 Å². The Morgan fingerprint density at radius 2 is 1.50 bits per heavy atom. The molecule has 1 N–H and O–H groups in total. The van der Waals surface area contributed by atoms with Crippen molar-refractivity contribution in [3.8, 4) is 5.75 Å². The predicted octanol–water partition coefficient (Wildman–Crippen LogP) is 3.71. The quantitative estimate of drug-likeness (QED) is 0.720. The molecule has 3 nitrogen and oxygen atoms in total. The van der Waals surface area contributed by atoms with Gasteiger partial charge in [0.25, 0.3) is 0 Å². The number of benzene rings is 3. The SMILES string of the molecule is C[C@H]1NCc2ccccc2OB(c2ccccc2)O[C@@H]1c1ccccc1. The van der Waals surface area contributed by atoms with Crippen molar-refractivity contribution in [1.29, 1.82) is 0 Å². The predicted molar refractivity (Wildman–Crippen MR) is 105 cm³/mol. The van der Waals surface area contributed by atoms with Gasteiger partial charge < -0.3 is 14.6 Å². The van der Waals surface area contributed by atoms with Crippen molar-refractivity contribution in [2.75, 3.05) is 0 Å². The second-order valence-corrected chi connectivity index (χ2v) is 6.61. The fraction of sp³-hybridized carbons (Fsp3) is 0.182. The summed E-state index contributed by atoms with van der Waals surface area (Å²) in [7, 11) is -0.468. The molecule has 2 atom stereocenters. The molecule has 0 amide bonds. The molecular formula is C22H22BNO2. The van der Waals surface area contributed by atoms with Gasteiger partial charge in [0.05, 0.1) is 6.10 Å².